The molecule has 0 aliphatic carbocycles. The first kappa shape index (κ1) is 33.3. The number of nitrogens with zero attached hydrogens (tertiary/aromatic N) is 2. The zero-order chi connectivity index (χ0) is 29.4. The molecule has 0 fully saturated rings. The van der Waals surface area contributed by atoms with E-state index >= 15 is 0 Å². The number of aryl methyl sites for hydroxylation is 1. The summed E-state index contributed by atoms with van der Waals surface area (Å²) >= 11 is 7.56. The molecule has 1 amide bonds. The maximum absolute atomic E-state index is 12.2. The van der Waals surface area contributed by atoms with Crippen molar-refractivity contribution in [3.8, 4) is 10.8 Å². The number of carbonyl (C=O) groups is 3. The van der Waals surface area contributed by atoms with Gasteiger partial charge in [-0.2, -0.15) is 0 Å². The standard InChI is InChI=1S/C26H27ClN4O4S.C2H4O2.CH4/c1-15(26(33)34)29-11-5-6-17-9-10-20-21(12-17)31(14-30-20)23-13-22(24(36-23)25(28)32)35-16(2)18-7-3-4-8-19(18)27;1-2(3)4;/h3-4,7-10,12-16,29H,5-6,11H2,1-2H3,(H2,28,32)(H,33,34);1H3,(H,3,4);1H4/t15-,16+;;/m0../s1. The summed E-state index contributed by atoms with van der Waals surface area (Å²) in [6, 6.07) is 14.6. The molecule has 5 N–H and O–H groups in total. The lowest BCUT2D eigenvalue weighted by Gasteiger charge is -2.16. The van der Waals surface area contributed by atoms with Crippen molar-refractivity contribution in [2.75, 3.05) is 6.54 Å². The molecule has 0 saturated heterocycles. The van der Waals surface area contributed by atoms with Gasteiger partial charge in [0.05, 0.1) is 11.0 Å². The fourth-order valence-corrected chi connectivity index (χ4v) is 5.10. The number of nitrogens with one attached hydrogen (secondary N) is 1. The van der Waals surface area contributed by atoms with Crippen molar-refractivity contribution in [1.29, 1.82) is 0 Å². The fourth-order valence-electron chi connectivity index (χ4n) is 3.88. The smallest absolute Gasteiger partial charge is 0.320 e. The van der Waals surface area contributed by atoms with E-state index in [0.717, 1.165) is 46.9 Å². The molecule has 0 unspecified atom stereocenters. The van der Waals surface area contributed by atoms with E-state index in [4.69, 9.17) is 37.1 Å². The summed E-state index contributed by atoms with van der Waals surface area (Å²) in [6.07, 6.45) is 2.90. The predicted octanol–water partition coefficient (Wildman–Crippen LogP) is 5.70. The van der Waals surface area contributed by atoms with Crippen molar-refractivity contribution in [2.24, 2.45) is 5.73 Å². The number of aliphatic carboxylic acids is 2. The molecule has 2 heterocycles. The molecule has 0 aliphatic heterocycles. The Morgan fingerprint density at radius 3 is 2.46 bits per heavy atom. The van der Waals surface area contributed by atoms with E-state index in [0.29, 0.717) is 22.2 Å². The van der Waals surface area contributed by atoms with Gasteiger partial charge in [0.15, 0.2) is 0 Å². The lowest BCUT2D eigenvalue weighted by Crippen LogP contribution is -2.34. The number of benzene rings is 2. The first-order valence-corrected chi connectivity index (χ1v) is 13.6. The summed E-state index contributed by atoms with van der Waals surface area (Å²) in [5.41, 5.74) is 9.29. The topological polar surface area (TPSA) is 157 Å². The van der Waals surface area contributed by atoms with Crippen molar-refractivity contribution in [2.45, 2.75) is 53.2 Å². The van der Waals surface area contributed by atoms with Crippen LogP contribution in [0.1, 0.15) is 61.5 Å². The van der Waals surface area contributed by atoms with Crippen molar-refractivity contribution < 1.29 is 29.3 Å². The molecule has 220 valence electrons. The van der Waals surface area contributed by atoms with Gasteiger partial charge < -0.3 is 26.0 Å². The van der Waals surface area contributed by atoms with Crippen molar-refractivity contribution >= 4 is 51.8 Å². The van der Waals surface area contributed by atoms with Gasteiger partial charge in [-0.05, 0) is 57.0 Å². The minimum Gasteiger partial charge on any atom is -0.484 e. The molecular formula is C29H35ClN4O6S. The summed E-state index contributed by atoms with van der Waals surface area (Å²) in [5, 5.41) is 20.7. The van der Waals surface area contributed by atoms with Crippen LogP contribution in [0.5, 0.6) is 5.75 Å². The number of fused-ring (bicyclic) bond motifs is 1. The summed E-state index contributed by atoms with van der Waals surface area (Å²) < 4.78 is 8.04. The van der Waals surface area contributed by atoms with Gasteiger partial charge in [-0.15, -0.1) is 11.3 Å². The van der Waals surface area contributed by atoms with Crippen LogP contribution in [0.15, 0.2) is 54.9 Å². The first-order valence-electron chi connectivity index (χ1n) is 12.4. The van der Waals surface area contributed by atoms with Gasteiger partial charge in [0.1, 0.15) is 34.1 Å². The number of primary amides is 1. The van der Waals surface area contributed by atoms with E-state index in [2.05, 4.69) is 16.4 Å². The van der Waals surface area contributed by atoms with Gasteiger partial charge in [-0.1, -0.05) is 43.3 Å². The lowest BCUT2D eigenvalue weighted by molar-refractivity contribution is -0.139. The molecule has 0 radical (unpaired) electrons. The second kappa shape index (κ2) is 15.2. The van der Waals surface area contributed by atoms with Crippen LogP contribution in [-0.2, 0) is 16.0 Å². The molecule has 0 spiro atoms. The predicted molar refractivity (Wildman–Crippen MR) is 161 cm³/mol. The number of hydrogen-bond donors (Lipinski definition) is 4. The number of thiophene rings is 1. The number of nitrogens with two attached hydrogens (primary N) is 1. The van der Waals surface area contributed by atoms with Gasteiger partial charge in [0.2, 0.25) is 0 Å². The molecule has 12 heteroatoms. The zero-order valence-corrected chi connectivity index (χ0v) is 23.8. The van der Waals surface area contributed by atoms with E-state index < -0.39 is 23.9 Å². The van der Waals surface area contributed by atoms with Gasteiger partial charge >= 0.3 is 5.97 Å². The maximum Gasteiger partial charge on any atom is 0.320 e. The highest BCUT2D eigenvalue weighted by atomic mass is 35.5. The van der Waals surface area contributed by atoms with Gasteiger partial charge in [-0.25, -0.2) is 4.98 Å². The Kier molecular flexibility index (Phi) is 12.3. The molecule has 2 aromatic carbocycles. The third-order valence-corrected chi connectivity index (χ3v) is 7.34. The number of aromatic nitrogens is 2. The summed E-state index contributed by atoms with van der Waals surface area (Å²) in [7, 11) is 0. The summed E-state index contributed by atoms with van der Waals surface area (Å²) in [5.74, 6) is -1.87. The SMILES string of the molecule is C.CC(=O)O.C[C@H](NCCCc1ccc2ncn(-c3cc(O[C@H](C)c4ccccc4Cl)c(C(N)=O)s3)c2c1)C(=O)O. The minimum atomic E-state index is -0.865. The number of ether oxygens (including phenoxy) is 1. The van der Waals surface area contributed by atoms with Gasteiger partial charge in [-0.3, -0.25) is 19.0 Å². The van der Waals surface area contributed by atoms with Crippen molar-refractivity contribution in [3.05, 3.63) is 75.9 Å². The number of hydrogen-bond acceptors (Lipinski definition) is 7. The van der Waals surface area contributed by atoms with Crippen LogP contribution in [0.25, 0.3) is 16.0 Å². The van der Waals surface area contributed by atoms with Crippen LogP contribution in [-0.4, -0.2) is 50.2 Å². The number of halogens is 1. The van der Waals surface area contributed by atoms with Crippen LogP contribution in [0.4, 0.5) is 0 Å². The Balaban J connectivity index is 0.00000110. The third kappa shape index (κ3) is 9.04. The normalized spacial score (nSPS) is 12.0. The van der Waals surface area contributed by atoms with Gasteiger partial charge in [0.25, 0.3) is 11.9 Å². The largest absolute Gasteiger partial charge is 0.484 e. The third-order valence-electron chi connectivity index (χ3n) is 5.87. The number of rotatable bonds is 11. The van der Waals surface area contributed by atoms with Crippen LogP contribution in [0.2, 0.25) is 5.02 Å². The number of carbonyl (C=O) groups excluding carboxylic acids is 1. The first-order chi connectivity index (χ1) is 19.0. The number of imidazole rings is 1. The average Bonchev–Trinajstić information content (AvgIpc) is 3.50. The Hall–Kier alpha value is -3.93. The molecule has 10 nitrogen and oxygen atoms in total. The van der Waals surface area contributed by atoms with Crippen molar-refractivity contribution in [3.63, 3.8) is 0 Å². The summed E-state index contributed by atoms with van der Waals surface area (Å²) in [4.78, 5) is 37.0. The van der Waals surface area contributed by atoms with Crippen LogP contribution < -0.4 is 15.8 Å². The van der Waals surface area contributed by atoms with E-state index in [-0.39, 0.29) is 13.5 Å². The second-order valence-corrected chi connectivity index (χ2v) is 10.4. The minimum absolute atomic E-state index is 0. The number of carboxylic acid groups (broad SMARTS) is 2. The molecule has 4 rings (SSSR count). The fraction of sp³-hybridized carbons (Fsp3) is 0.310. The Labute approximate surface area is 247 Å². The maximum atomic E-state index is 12.2. The molecule has 41 heavy (non-hydrogen) atoms. The highest BCUT2D eigenvalue weighted by molar-refractivity contribution is 7.16. The Morgan fingerprint density at radius 2 is 1.83 bits per heavy atom. The second-order valence-electron chi connectivity index (χ2n) is 9.00. The monoisotopic (exact) mass is 602 g/mol. The quantitative estimate of drug-likeness (QED) is 0.159. The summed E-state index contributed by atoms with van der Waals surface area (Å²) in [6.45, 7) is 5.18. The molecule has 0 aliphatic rings. The number of amides is 1. The Morgan fingerprint density at radius 1 is 1.15 bits per heavy atom. The lowest BCUT2D eigenvalue weighted by atomic mass is 10.1. The molecule has 2 aromatic heterocycles. The highest BCUT2D eigenvalue weighted by Crippen LogP contribution is 2.37. The zero-order valence-electron chi connectivity index (χ0n) is 22.3. The van der Waals surface area contributed by atoms with Crippen LogP contribution in [0, 0.1) is 0 Å². The highest BCUT2D eigenvalue weighted by Gasteiger charge is 2.21. The molecular weight excluding hydrogens is 568 g/mol. The molecule has 0 bridgehead atoms. The molecule has 4 aromatic rings. The van der Waals surface area contributed by atoms with E-state index in [9.17, 15) is 9.59 Å². The van der Waals surface area contributed by atoms with E-state index in [1.54, 1.807) is 25.4 Å². The Bertz CT molecular complexity index is 1500. The van der Waals surface area contributed by atoms with E-state index in [1.165, 1.54) is 11.3 Å². The number of carboxylic acids is 2. The van der Waals surface area contributed by atoms with E-state index in [1.807, 2.05) is 41.8 Å². The molecule has 0 saturated carbocycles. The van der Waals surface area contributed by atoms with Crippen molar-refractivity contribution in [1.82, 2.24) is 14.9 Å². The van der Waals surface area contributed by atoms with Crippen LogP contribution >= 0.6 is 22.9 Å². The average molecular weight is 603 g/mol. The van der Waals surface area contributed by atoms with Crippen LogP contribution in [0.3, 0.4) is 0 Å². The van der Waals surface area contributed by atoms with Gasteiger partial charge in [0, 0.05) is 23.6 Å². The molecule has 2 atom stereocenters.